The van der Waals surface area contributed by atoms with Gasteiger partial charge in [-0.2, -0.15) is 0 Å². The van der Waals surface area contributed by atoms with Gasteiger partial charge < -0.3 is 15.6 Å². The molecule has 1 fully saturated rings. The van der Waals surface area contributed by atoms with E-state index < -0.39 is 0 Å². The lowest BCUT2D eigenvalue weighted by Gasteiger charge is -2.14. The number of likely N-dealkylation sites (tertiary alicyclic amines) is 1. The number of nitrogens with one attached hydrogen (secondary N) is 1. The average Bonchev–Trinajstić information content (AvgIpc) is 2.87. The molecule has 5 heteroatoms. The maximum absolute atomic E-state index is 11.7. The molecule has 2 aromatic rings. The molecule has 1 aliphatic rings. The Morgan fingerprint density at radius 2 is 2.47 bits per heavy atom. The Hall–Kier alpha value is -1.88. The molecule has 1 saturated heterocycles. The maximum atomic E-state index is 11.7. The van der Waals surface area contributed by atoms with Gasteiger partial charge >= 0.3 is 0 Å². The van der Waals surface area contributed by atoms with Crippen LogP contribution in [-0.2, 0) is 11.3 Å². The van der Waals surface area contributed by atoms with Gasteiger partial charge in [0.2, 0.25) is 5.91 Å². The molecule has 3 heterocycles. The summed E-state index contributed by atoms with van der Waals surface area (Å²) < 4.78 is 0. The van der Waals surface area contributed by atoms with Gasteiger partial charge in [0.15, 0.2) is 0 Å². The summed E-state index contributed by atoms with van der Waals surface area (Å²) >= 11 is 0. The minimum atomic E-state index is -0.318. The number of carbonyl (C=O) groups excluding carboxylic acids is 1. The summed E-state index contributed by atoms with van der Waals surface area (Å²) in [4.78, 5) is 20.8. The molecule has 2 aromatic heterocycles. The van der Waals surface area contributed by atoms with E-state index in [0.717, 1.165) is 29.6 Å². The van der Waals surface area contributed by atoms with E-state index in [2.05, 4.69) is 9.97 Å². The second kappa shape index (κ2) is 3.85. The Balaban J connectivity index is 1.83. The molecule has 5 nitrogen and oxygen atoms in total. The number of nitrogens with zero attached hydrogens (tertiary/aromatic N) is 2. The van der Waals surface area contributed by atoms with Gasteiger partial charge in [-0.05, 0) is 18.6 Å². The number of hydrogen-bond donors (Lipinski definition) is 2. The molecule has 3 rings (SSSR count). The van der Waals surface area contributed by atoms with Crippen molar-refractivity contribution in [1.82, 2.24) is 14.9 Å². The number of carbonyl (C=O) groups is 1. The summed E-state index contributed by atoms with van der Waals surface area (Å²) in [5, 5.41) is 1.12. The standard InChI is InChI=1S/C12H14N4O/c13-10-2-4-16(12(10)17)7-9-5-8-1-3-14-6-11(8)15-9/h1,3,5-6,10,15H,2,4,7,13H2. The Morgan fingerprint density at radius 1 is 1.59 bits per heavy atom. The van der Waals surface area contributed by atoms with E-state index in [4.69, 9.17) is 5.73 Å². The molecular weight excluding hydrogens is 216 g/mol. The molecule has 88 valence electrons. The summed E-state index contributed by atoms with van der Waals surface area (Å²) in [5.41, 5.74) is 7.71. The van der Waals surface area contributed by atoms with Crippen LogP contribution in [0.25, 0.3) is 10.9 Å². The second-order valence-corrected chi connectivity index (χ2v) is 4.41. The Morgan fingerprint density at radius 3 is 3.18 bits per heavy atom. The van der Waals surface area contributed by atoms with Crippen molar-refractivity contribution in [3.63, 3.8) is 0 Å². The van der Waals surface area contributed by atoms with E-state index in [1.54, 1.807) is 17.3 Å². The topological polar surface area (TPSA) is 75.0 Å². The first kappa shape index (κ1) is 10.3. The van der Waals surface area contributed by atoms with E-state index in [-0.39, 0.29) is 11.9 Å². The zero-order valence-electron chi connectivity index (χ0n) is 9.39. The van der Waals surface area contributed by atoms with Crippen LogP contribution in [0.3, 0.4) is 0 Å². The molecule has 0 aliphatic carbocycles. The van der Waals surface area contributed by atoms with Crippen LogP contribution in [-0.4, -0.2) is 33.4 Å². The number of fused-ring (bicyclic) bond motifs is 1. The van der Waals surface area contributed by atoms with Crippen LogP contribution in [0.2, 0.25) is 0 Å². The molecule has 0 bridgehead atoms. The molecule has 0 radical (unpaired) electrons. The fourth-order valence-corrected chi connectivity index (χ4v) is 2.24. The van der Waals surface area contributed by atoms with E-state index in [9.17, 15) is 4.79 Å². The Labute approximate surface area is 98.6 Å². The predicted molar refractivity (Wildman–Crippen MR) is 64.1 cm³/mol. The number of aromatic amines is 1. The van der Waals surface area contributed by atoms with Crippen molar-refractivity contribution in [3.05, 3.63) is 30.2 Å². The van der Waals surface area contributed by atoms with Crippen LogP contribution in [0, 0.1) is 0 Å². The second-order valence-electron chi connectivity index (χ2n) is 4.41. The smallest absolute Gasteiger partial charge is 0.239 e. The van der Waals surface area contributed by atoms with Crippen molar-refractivity contribution in [2.24, 2.45) is 5.73 Å². The molecule has 17 heavy (non-hydrogen) atoms. The van der Waals surface area contributed by atoms with E-state index in [1.807, 2.05) is 12.1 Å². The van der Waals surface area contributed by atoms with Gasteiger partial charge in [0.1, 0.15) is 0 Å². The highest BCUT2D eigenvalue weighted by atomic mass is 16.2. The van der Waals surface area contributed by atoms with Gasteiger partial charge in [0.05, 0.1) is 24.3 Å². The summed E-state index contributed by atoms with van der Waals surface area (Å²) in [6.07, 6.45) is 4.30. The number of nitrogens with two attached hydrogens (primary N) is 1. The van der Waals surface area contributed by atoms with Crippen LogP contribution in [0.15, 0.2) is 24.5 Å². The summed E-state index contributed by atoms with van der Waals surface area (Å²) in [7, 11) is 0. The lowest BCUT2D eigenvalue weighted by Crippen LogP contribution is -2.33. The normalized spacial score (nSPS) is 20.4. The molecule has 0 saturated carbocycles. The summed E-state index contributed by atoms with van der Waals surface area (Å²) in [5.74, 6) is 0.0433. The van der Waals surface area contributed by atoms with Crippen LogP contribution in [0.1, 0.15) is 12.1 Å². The molecule has 1 unspecified atom stereocenters. The molecular formula is C12H14N4O. The lowest BCUT2D eigenvalue weighted by molar-refractivity contribution is -0.129. The van der Waals surface area contributed by atoms with E-state index in [0.29, 0.717) is 6.54 Å². The molecule has 1 amide bonds. The highest BCUT2D eigenvalue weighted by Crippen LogP contribution is 2.17. The van der Waals surface area contributed by atoms with Crippen LogP contribution >= 0.6 is 0 Å². The Kier molecular flexibility index (Phi) is 2.33. The minimum absolute atomic E-state index is 0.0433. The monoisotopic (exact) mass is 230 g/mol. The van der Waals surface area contributed by atoms with Crippen molar-refractivity contribution >= 4 is 16.8 Å². The van der Waals surface area contributed by atoms with Crippen molar-refractivity contribution < 1.29 is 4.79 Å². The fraction of sp³-hybridized carbons (Fsp3) is 0.333. The van der Waals surface area contributed by atoms with Gasteiger partial charge in [0.25, 0.3) is 0 Å². The fourth-order valence-electron chi connectivity index (χ4n) is 2.24. The average molecular weight is 230 g/mol. The number of rotatable bonds is 2. The third kappa shape index (κ3) is 1.78. The number of aromatic nitrogens is 2. The Bertz CT molecular complexity index is 529. The van der Waals surface area contributed by atoms with Gasteiger partial charge in [-0.15, -0.1) is 0 Å². The minimum Gasteiger partial charge on any atom is -0.356 e. The first-order valence-electron chi connectivity index (χ1n) is 5.70. The first-order chi connectivity index (χ1) is 8.24. The third-order valence-electron chi connectivity index (χ3n) is 3.18. The predicted octanol–water partition coefficient (Wildman–Crippen LogP) is 0.622. The maximum Gasteiger partial charge on any atom is 0.239 e. The zero-order valence-corrected chi connectivity index (χ0v) is 9.39. The highest BCUT2D eigenvalue weighted by Gasteiger charge is 2.28. The third-order valence-corrected chi connectivity index (χ3v) is 3.18. The lowest BCUT2D eigenvalue weighted by atomic mass is 10.3. The van der Waals surface area contributed by atoms with Gasteiger partial charge in [-0.25, -0.2) is 0 Å². The van der Waals surface area contributed by atoms with E-state index in [1.165, 1.54) is 0 Å². The molecule has 0 aromatic carbocycles. The molecule has 3 N–H and O–H groups in total. The summed E-state index contributed by atoms with van der Waals surface area (Å²) in [6.45, 7) is 1.34. The van der Waals surface area contributed by atoms with Gasteiger partial charge in [0, 0.05) is 23.8 Å². The van der Waals surface area contributed by atoms with Crippen molar-refractivity contribution in [3.8, 4) is 0 Å². The quantitative estimate of drug-likeness (QED) is 0.794. The number of hydrogen-bond acceptors (Lipinski definition) is 3. The van der Waals surface area contributed by atoms with Crippen molar-refractivity contribution in [1.29, 1.82) is 0 Å². The van der Waals surface area contributed by atoms with Crippen LogP contribution in [0.4, 0.5) is 0 Å². The first-order valence-corrected chi connectivity index (χ1v) is 5.70. The van der Waals surface area contributed by atoms with Gasteiger partial charge in [-0.1, -0.05) is 0 Å². The van der Waals surface area contributed by atoms with Gasteiger partial charge in [-0.3, -0.25) is 9.78 Å². The SMILES string of the molecule is NC1CCN(Cc2cc3ccncc3[nH]2)C1=O. The number of pyridine rings is 1. The number of amides is 1. The highest BCUT2D eigenvalue weighted by molar-refractivity contribution is 5.84. The van der Waals surface area contributed by atoms with Crippen LogP contribution < -0.4 is 5.73 Å². The summed E-state index contributed by atoms with van der Waals surface area (Å²) in [6, 6.07) is 3.68. The van der Waals surface area contributed by atoms with Crippen molar-refractivity contribution in [2.75, 3.05) is 6.54 Å². The molecule has 0 spiro atoms. The zero-order chi connectivity index (χ0) is 11.8. The number of H-pyrrole nitrogens is 1. The molecule has 1 atom stereocenters. The molecule has 1 aliphatic heterocycles. The van der Waals surface area contributed by atoms with E-state index >= 15 is 0 Å². The largest absolute Gasteiger partial charge is 0.356 e. The van der Waals surface area contributed by atoms with Crippen molar-refractivity contribution in [2.45, 2.75) is 19.0 Å². The van der Waals surface area contributed by atoms with Crippen LogP contribution in [0.5, 0.6) is 0 Å².